The van der Waals surface area contributed by atoms with Gasteiger partial charge in [0.2, 0.25) is 0 Å². The topological polar surface area (TPSA) is 42.0 Å². The van der Waals surface area contributed by atoms with Gasteiger partial charge >= 0.3 is 0 Å². The van der Waals surface area contributed by atoms with E-state index >= 15 is 0 Å². The maximum Gasteiger partial charge on any atom is 0.252 e. The van der Waals surface area contributed by atoms with Crippen LogP contribution in [0.5, 0.6) is 0 Å². The third-order valence-electron chi connectivity index (χ3n) is 2.56. The van der Waals surface area contributed by atoms with Gasteiger partial charge in [0.25, 0.3) is 5.91 Å². The van der Waals surface area contributed by atoms with Crippen LogP contribution >= 0.6 is 12.4 Å². The van der Waals surface area contributed by atoms with E-state index in [9.17, 15) is 9.18 Å². The minimum atomic E-state index is -0.242. The molecule has 1 aromatic carbocycles. The first-order valence-corrected chi connectivity index (χ1v) is 5.69. The van der Waals surface area contributed by atoms with Crippen molar-refractivity contribution in [3.63, 3.8) is 0 Å². The van der Waals surface area contributed by atoms with E-state index < -0.39 is 0 Å². The number of pyridine rings is 1. The summed E-state index contributed by atoms with van der Waals surface area (Å²) in [7, 11) is 0. The average Bonchev–Trinajstić information content (AvgIpc) is 2.42. The maximum absolute atomic E-state index is 13.3. The van der Waals surface area contributed by atoms with E-state index in [4.69, 9.17) is 0 Å². The number of nitrogens with zero attached hydrogens (tertiary/aromatic N) is 1. The van der Waals surface area contributed by atoms with Gasteiger partial charge in [-0.1, -0.05) is 18.2 Å². The van der Waals surface area contributed by atoms with Crippen molar-refractivity contribution in [3.05, 3.63) is 65.7 Å². The van der Waals surface area contributed by atoms with Crippen molar-refractivity contribution in [2.75, 3.05) is 6.54 Å². The lowest BCUT2D eigenvalue weighted by atomic mass is 10.1. The quantitative estimate of drug-likeness (QED) is 0.935. The van der Waals surface area contributed by atoms with Crippen LogP contribution in [0.1, 0.15) is 15.9 Å². The number of benzene rings is 1. The molecule has 1 aromatic heterocycles. The Morgan fingerprint density at radius 3 is 2.68 bits per heavy atom. The third kappa shape index (κ3) is 4.34. The zero-order chi connectivity index (χ0) is 12.8. The Hall–Kier alpha value is -1.94. The second-order valence-electron chi connectivity index (χ2n) is 3.84. The summed E-state index contributed by atoms with van der Waals surface area (Å²) < 4.78 is 13.3. The summed E-state index contributed by atoms with van der Waals surface area (Å²) >= 11 is 0. The molecule has 0 unspecified atom stereocenters. The summed E-state index contributed by atoms with van der Waals surface area (Å²) in [6, 6.07) is 9.94. The highest BCUT2D eigenvalue weighted by atomic mass is 35.5. The van der Waals surface area contributed by atoms with Crippen LogP contribution in [0.4, 0.5) is 4.39 Å². The highest BCUT2D eigenvalue weighted by Gasteiger charge is 2.05. The molecule has 5 heteroatoms. The first-order valence-electron chi connectivity index (χ1n) is 5.69. The molecule has 0 spiro atoms. The zero-order valence-corrected chi connectivity index (χ0v) is 11.0. The molecule has 1 N–H and O–H groups in total. The average molecular weight is 281 g/mol. The summed E-state index contributed by atoms with van der Waals surface area (Å²) in [5, 5.41) is 2.73. The van der Waals surface area contributed by atoms with E-state index in [-0.39, 0.29) is 24.1 Å². The molecule has 0 aliphatic heterocycles. The molecule has 0 bridgehead atoms. The fourth-order valence-electron chi connectivity index (χ4n) is 1.61. The van der Waals surface area contributed by atoms with Crippen LogP contribution in [0, 0.1) is 5.82 Å². The van der Waals surface area contributed by atoms with Crippen LogP contribution < -0.4 is 5.32 Å². The van der Waals surface area contributed by atoms with Crippen molar-refractivity contribution in [2.24, 2.45) is 0 Å². The molecule has 0 aliphatic rings. The highest BCUT2D eigenvalue weighted by Crippen LogP contribution is 2.06. The second-order valence-corrected chi connectivity index (χ2v) is 3.84. The van der Waals surface area contributed by atoms with Gasteiger partial charge in [-0.15, -0.1) is 12.4 Å². The number of nitrogens with one attached hydrogen (secondary N) is 1. The van der Waals surface area contributed by atoms with Crippen LogP contribution in [0.3, 0.4) is 0 Å². The lowest BCUT2D eigenvalue weighted by Gasteiger charge is -2.05. The summed E-state index contributed by atoms with van der Waals surface area (Å²) in [4.78, 5) is 15.5. The Balaban J connectivity index is 0.00000180. The van der Waals surface area contributed by atoms with Crippen molar-refractivity contribution >= 4 is 18.3 Å². The molecular formula is C14H14ClFN2O. The van der Waals surface area contributed by atoms with Gasteiger partial charge < -0.3 is 5.32 Å². The van der Waals surface area contributed by atoms with Gasteiger partial charge in [-0.25, -0.2) is 4.39 Å². The fraction of sp³-hybridized carbons (Fsp3) is 0.143. The normalized spacial score (nSPS) is 9.53. The van der Waals surface area contributed by atoms with Crippen molar-refractivity contribution in [2.45, 2.75) is 6.42 Å². The molecule has 1 heterocycles. The van der Waals surface area contributed by atoms with Gasteiger partial charge in [0, 0.05) is 18.9 Å². The van der Waals surface area contributed by atoms with Crippen molar-refractivity contribution in [3.8, 4) is 0 Å². The molecule has 0 saturated heterocycles. The monoisotopic (exact) mass is 280 g/mol. The molecule has 1 amide bonds. The van der Waals surface area contributed by atoms with Crippen LogP contribution in [0.25, 0.3) is 0 Å². The molecule has 0 aliphatic carbocycles. The Morgan fingerprint density at radius 1 is 1.21 bits per heavy atom. The van der Waals surface area contributed by atoms with Gasteiger partial charge in [0.1, 0.15) is 5.82 Å². The molecular weight excluding hydrogens is 267 g/mol. The minimum Gasteiger partial charge on any atom is -0.352 e. The molecule has 0 radical (unpaired) electrons. The van der Waals surface area contributed by atoms with E-state index in [1.807, 2.05) is 0 Å². The highest BCUT2D eigenvalue weighted by molar-refractivity contribution is 5.93. The Morgan fingerprint density at radius 2 is 2.00 bits per heavy atom. The maximum atomic E-state index is 13.3. The second kappa shape index (κ2) is 7.48. The molecule has 100 valence electrons. The molecule has 2 aromatic rings. The summed E-state index contributed by atoms with van der Waals surface area (Å²) in [5.41, 5.74) is 1.11. The van der Waals surface area contributed by atoms with E-state index in [1.165, 1.54) is 12.3 Å². The largest absolute Gasteiger partial charge is 0.352 e. The predicted molar refractivity (Wildman–Crippen MR) is 73.9 cm³/mol. The van der Waals surface area contributed by atoms with E-state index in [0.717, 1.165) is 0 Å². The molecule has 0 fully saturated rings. The fourth-order valence-corrected chi connectivity index (χ4v) is 1.61. The number of aromatic nitrogens is 1. The van der Waals surface area contributed by atoms with Crippen LogP contribution in [-0.4, -0.2) is 17.4 Å². The van der Waals surface area contributed by atoms with Gasteiger partial charge in [-0.05, 0) is 30.2 Å². The summed E-state index contributed by atoms with van der Waals surface area (Å²) in [6.45, 7) is 0.397. The number of hydrogen-bond donors (Lipinski definition) is 1. The van der Waals surface area contributed by atoms with Gasteiger partial charge in [-0.3, -0.25) is 9.78 Å². The number of halogens is 2. The smallest absolute Gasteiger partial charge is 0.252 e. The lowest BCUT2D eigenvalue weighted by molar-refractivity contribution is 0.0953. The van der Waals surface area contributed by atoms with Gasteiger partial charge in [-0.2, -0.15) is 0 Å². The summed E-state index contributed by atoms with van der Waals surface area (Å²) in [5.74, 6) is -0.437. The lowest BCUT2D eigenvalue weighted by Crippen LogP contribution is -2.25. The van der Waals surface area contributed by atoms with Crippen LogP contribution in [0.2, 0.25) is 0 Å². The summed E-state index contributed by atoms with van der Waals surface area (Å²) in [6.07, 6.45) is 3.58. The predicted octanol–water partition coefficient (Wildman–Crippen LogP) is 2.62. The SMILES string of the molecule is Cl.O=C(NCCc1ccccc1F)c1cccnc1. The number of carbonyl (C=O) groups excluding carboxylic acids is 1. The number of amides is 1. The first-order chi connectivity index (χ1) is 8.77. The van der Waals surface area contributed by atoms with Crippen molar-refractivity contribution in [1.82, 2.24) is 10.3 Å². The van der Waals surface area contributed by atoms with Crippen molar-refractivity contribution < 1.29 is 9.18 Å². The first kappa shape index (κ1) is 15.1. The van der Waals surface area contributed by atoms with E-state index in [0.29, 0.717) is 24.1 Å². The van der Waals surface area contributed by atoms with Crippen molar-refractivity contribution in [1.29, 1.82) is 0 Å². The zero-order valence-electron chi connectivity index (χ0n) is 10.2. The van der Waals surface area contributed by atoms with E-state index in [2.05, 4.69) is 10.3 Å². The Labute approximate surface area is 117 Å². The molecule has 19 heavy (non-hydrogen) atoms. The molecule has 3 nitrogen and oxygen atoms in total. The molecule has 0 saturated carbocycles. The van der Waals surface area contributed by atoms with E-state index in [1.54, 1.807) is 36.5 Å². The van der Waals surface area contributed by atoms with Crippen LogP contribution in [-0.2, 0) is 6.42 Å². The number of rotatable bonds is 4. The third-order valence-corrected chi connectivity index (χ3v) is 2.56. The Kier molecular flexibility index (Phi) is 5.96. The number of hydrogen-bond acceptors (Lipinski definition) is 2. The minimum absolute atomic E-state index is 0. The van der Waals surface area contributed by atoms with Crippen LogP contribution in [0.15, 0.2) is 48.8 Å². The molecule has 0 atom stereocenters. The Bertz CT molecular complexity index is 534. The standard InChI is InChI=1S/C14H13FN2O.ClH/c15-13-6-2-1-4-11(13)7-9-17-14(18)12-5-3-8-16-10-12;/h1-6,8,10H,7,9H2,(H,17,18);1H. The molecule has 2 rings (SSSR count). The van der Waals surface area contributed by atoms with Gasteiger partial charge in [0.05, 0.1) is 5.56 Å². The number of carbonyl (C=O) groups is 1. The van der Waals surface area contributed by atoms with Gasteiger partial charge in [0.15, 0.2) is 0 Å².